The number of rotatable bonds is 7. The van der Waals surface area contributed by atoms with E-state index in [-0.39, 0.29) is 25.5 Å². The molecule has 1 rings (SSSR count). The Bertz CT molecular complexity index is 435. The average molecular weight is 328 g/mol. The topological polar surface area (TPSA) is 95.5 Å². The van der Waals surface area contributed by atoms with E-state index in [9.17, 15) is 26.5 Å². The summed E-state index contributed by atoms with van der Waals surface area (Å²) >= 11 is 0. The summed E-state index contributed by atoms with van der Waals surface area (Å²) in [5.41, 5.74) is 0. The molecule has 0 aromatic rings. The second-order valence-electron chi connectivity index (χ2n) is 5.16. The number of ether oxygens (including phenoxy) is 1. The number of alkyl carbamates (subject to hydrolysis) is 1. The van der Waals surface area contributed by atoms with Crippen LogP contribution in [0.15, 0.2) is 0 Å². The average Bonchev–Trinajstić information content (AvgIpc) is 2.38. The molecule has 0 saturated heterocycles. The molecular weight excluding hydrogens is 308 g/mol. The molecule has 0 heterocycles. The zero-order chi connectivity index (χ0) is 15.9. The molecule has 0 bridgehead atoms. The monoisotopic (exact) mass is 328 g/mol. The quantitative estimate of drug-likeness (QED) is 0.572. The van der Waals surface area contributed by atoms with Crippen molar-refractivity contribution >= 4 is 16.2 Å². The number of carbonyl (C=O) groups excluding carboxylic acids is 1. The number of nitrogens with one attached hydrogen (secondary N) is 1. The summed E-state index contributed by atoms with van der Waals surface area (Å²) < 4.78 is 61.2. The number of halogens is 2. The summed E-state index contributed by atoms with van der Waals surface area (Å²) in [4.78, 5) is 11.4. The summed E-state index contributed by atoms with van der Waals surface area (Å²) in [6.07, 6.45) is 3.29. The van der Waals surface area contributed by atoms with E-state index in [0.717, 1.165) is 32.1 Å². The van der Waals surface area contributed by atoms with E-state index in [1.54, 1.807) is 0 Å². The van der Waals surface area contributed by atoms with Crippen molar-refractivity contribution in [1.82, 2.24) is 5.32 Å². The van der Waals surface area contributed by atoms with Gasteiger partial charge in [0.1, 0.15) is 0 Å². The molecule has 1 aliphatic carbocycles. The highest BCUT2D eigenvalue weighted by molar-refractivity contribution is 7.86. The second kappa shape index (κ2) is 7.88. The Labute approximate surface area is 123 Å². The van der Waals surface area contributed by atoms with Gasteiger partial charge in [0.25, 0.3) is 0 Å². The molecule has 1 amide bonds. The number of alkyl halides is 2. The summed E-state index contributed by atoms with van der Waals surface area (Å²) in [6, 6.07) is 0.0983. The Morgan fingerprint density at radius 2 is 1.86 bits per heavy atom. The van der Waals surface area contributed by atoms with Gasteiger partial charge in [-0.05, 0) is 25.7 Å². The summed E-state index contributed by atoms with van der Waals surface area (Å²) in [6.45, 7) is -0.0897. The van der Waals surface area contributed by atoms with E-state index in [4.69, 9.17) is 4.74 Å². The van der Waals surface area contributed by atoms with Crippen molar-refractivity contribution in [3.05, 3.63) is 0 Å². The molecule has 0 atom stereocenters. The Morgan fingerprint density at radius 1 is 1.24 bits per heavy atom. The summed E-state index contributed by atoms with van der Waals surface area (Å²) in [5, 5.41) is -1.57. The van der Waals surface area contributed by atoms with Gasteiger partial charge in [0.15, 0.2) is 10.1 Å². The van der Waals surface area contributed by atoms with Gasteiger partial charge in [-0.15, -0.1) is 0 Å². The van der Waals surface area contributed by atoms with Crippen molar-refractivity contribution in [2.75, 3.05) is 6.61 Å². The fourth-order valence-corrected chi connectivity index (χ4v) is 2.57. The third-order valence-electron chi connectivity index (χ3n) is 3.39. The summed E-state index contributed by atoms with van der Waals surface area (Å²) in [7, 11) is -5.63. The highest BCUT2D eigenvalue weighted by atomic mass is 32.2. The van der Waals surface area contributed by atoms with Crippen molar-refractivity contribution in [1.29, 1.82) is 0 Å². The first-order chi connectivity index (χ1) is 9.72. The van der Waals surface area contributed by atoms with E-state index >= 15 is 0 Å². The molecule has 0 aliphatic heterocycles. The molecule has 0 unspecified atom stereocenters. The van der Waals surface area contributed by atoms with Crippen LogP contribution in [0.25, 0.3) is 0 Å². The maximum Gasteiger partial charge on any atom is 0.407 e. The SMILES string of the molecule is O=C(NC1CCCCC1)OCCCCC(F)(F)S(=O)(=O)[O-]. The van der Waals surface area contributed by atoms with Crippen LogP contribution < -0.4 is 5.32 Å². The Kier molecular flexibility index (Phi) is 6.79. The Morgan fingerprint density at radius 3 is 2.43 bits per heavy atom. The van der Waals surface area contributed by atoms with Crippen molar-refractivity contribution in [2.45, 2.75) is 62.7 Å². The van der Waals surface area contributed by atoms with Crippen molar-refractivity contribution in [3.63, 3.8) is 0 Å². The van der Waals surface area contributed by atoms with Gasteiger partial charge in [-0.25, -0.2) is 13.2 Å². The minimum Gasteiger partial charge on any atom is -0.743 e. The van der Waals surface area contributed by atoms with Gasteiger partial charge in [-0.2, -0.15) is 8.78 Å². The van der Waals surface area contributed by atoms with Crippen molar-refractivity contribution in [2.24, 2.45) is 0 Å². The van der Waals surface area contributed by atoms with Gasteiger partial charge in [-0.1, -0.05) is 19.3 Å². The fraction of sp³-hybridized carbons (Fsp3) is 0.917. The lowest BCUT2D eigenvalue weighted by Crippen LogP contribution is -2.36. The minimum atomic E-state index is -5.63. The van der Waals surface area contributed by atoms with E-state index in [1.165, 1.54) is 0 Å². The number of hydrogen-bond acceptors (Lipinski definition) is 5. The molecule has 0 radical (unpaired) electrons. The van der Waals surface area contributed by atoms with Crippen LogP contribution in [0.5, 0.6) is 0 Å². The third-order valence-corrected chi connectivity index (χ3v) is 4.32. The molecule has 124 valence electrons. The van der Waals surface area contributed by atoms with Crippen LogP contribution in [0.2, 0.25) is 0 Å². The standard InChI is InChI=1S/C12H21F2NO5S/c13-12(14,21(17,18)19)8-4-5-9-20-11(16)15-10-6-2-1-3-7-10/h10H,1-9H2,(H,15,16)(H,17,18,19)/p-1. The normalized spacial score (nSPS) is 17.5. The molecule has 0 spiro atoms. The Hall–Kier alpha value is -0.960. The van der Waals surface area contributed by atoms with Crippen molar-refractivity contribution < 1.29 is 31.3 Å². The number of hydrogen-bond donors (Lipinski definition) is 1. The van der Waals surface area contributed by atoms with Crippen LogP contribution in [-0.4, -0.2) is 37.0 Å². The molecule has 9 heteroatoms. The zero-order valence-corrected chi connectivity index (χ0v) is 12.5. The van der Waals surface area contributed by atoms with Gasteiger partial charge in [0.2, 0.25) is 0 Å². The lowest BCUT2D eigenvalue weighted by Gasteiger charge is -2.22. The molecule has 1 N–H and O–H groups in total. The van der Waals surface area contributed by atoms with Gasteiger partial charge < -0.3 is 14.6 Å². The Balaban J connectivity index is 2.12. The van der Waals surface area contributed by atoms with E-state index in [0.29, 0.717) is 0 Å². The van der Waals surface area contributed by atoms with E-state index in [2.05, 4.69) is 5.32 Å². The minimum absolute atomic E-state index is 0.0726. The van der Waals surface area contributed by atoms with Gasteiger partial charge in [0, 0.05) is 12.5 Å². The molecule has 1 fully saturated rings. The molecule has 1 aliphatic rings. The van der Waals surface area contributed by atoms with Crippen LogP contribution in [0.1, 0.15) is 51.4 Å². The first-order valence-corrected chi connectivity index (χ1v) is 8.40. The second-order valence-corrected chi connectivity index (χ2v) is 6.67. The largest absolute Gasteiger partial charge is 0.743 e. The number of unbranched alkanes of at least 4 members (excludes halogenated alkanes) is 1. The van der Waals surface area contributed by atoms with Gasteiger partial charge in [-0.3, -0.25) is 0 Å². The predicted octanol–water partition coefficient (Wildman–Crippen LogP) is 2.35. The first kappa shape index (κ1) is 18.1. The van der Waals surface area contributed by atoms with Gasteiger partial charge >= 0.3 is 11.3 Å². The van der Waals surface area contributed by atoms with Crippen LogP contribution in [0.4, 0.5) is 13.6 Å². The maximum absolute atomic E-state index is 12.8. The van der Waals surface area contributed by atoms with Crippen LogP contribution in [-0.2, 0) is 14.9 Å². The molecule has 1 saturated carbocycles. The van der Waals surface area contributed by atoms with E-state index in [1.807, 2.05) is 0 Å². The van der Waals surface area contributed by atoms with Gasteiger partial charge in [0.05, 0.1) is 6.61 Å². The highest BCUT2D eigenvalue weighted by Gasteiger charge is 2.36. The summed E-state index contributed by atoms with van der Waals surface area (Å²) in [5.74, 6) is 0. The fourth-order valence-electron chi connectivity index (χ4n) is 2.18. The third kappa shape index (κ3) is 6.56. The molecule has 21 heavy (non-hydrogen) atoms. The first-order valence-electron chi connectivity index (χ1n) is 6.99. The lowest BCUT2D eigenvalue weighted by molar-refractivity contribution is 0.0646. The highest BCUT2D eigenvalue weighted by Crippen LogP contribution is 2.26. The van der Waals surface area contributed by atoms with Crippen LogP contribution in [0.3, 0.4) is 0 Å². The van der Waals surface area contributed by atoms with Crippen LogP contribution in [0, 0.1) is 0 Å². The molecule has 6 nitrogen and oxygen atoms in total. The molecular formula is C12H20F2NO5S-. The van der Waals surface area contributed by atoms with Crippen LogP contribution >= 0.6 is 0 Å². The zero-order valence-electron chi connectivity index (χ0n) is 11.6. The number of amides is 1. The van der Waals surface area contributed by atoms with Crippen molar-refractivity contribution in [3.8, 4) is 0 Å². The van der Waals surface area contributed by atoms with E-state index < -0.39 is 27.9 Å². The predicted molar refractivity (Wildman–Crippen MR) is 69.9 cm³/mol. The smallest absolute Gasteiger partial charge is 0.407 e. The molecule has 0 aromatic heterocycles. The lowest BCUT2D eigenvalue weighted by atomic mass is 9.96. The number of carbonyl (C=O) groups is 1. The maximum atomic E-state index is 12.8. The molecule has 0 aromatic carbocycles.